The Hall–Kier alpha value is -1.23. The fourth-order valence-corrected chi connectivity index (χ4v) is 4.06. The van der Waals surface area contributed by atoms with Gasteiger partial charge in [0.1, 0.15) is 6.04 Å². The fraction of sp³-hybridized carbons (Fsp3) is 0.154. The Labute approximate surface area is 156 Å². The summed E-state index contributed by atoms with van der Waals surface area (Å²) in [5, 5.41) is 2.56. The lowest BCUT2D eigenvalue weighted by molar-refractivity contribution is -0.123. The average molecular weight is 481 g/mol. The van der Waals surface area contributed by atoms with Gasteiger partial charge in [0, 0.05) is 0 Å². The summed E-state index contributed by atoms with van der Waals surface area (Å²) >= 11 is 9.04. The van der Waals surface area contributed by atoms with E-state index in [9.17, 15) is 14.4 Å². The standard InChI is InChI=1S/C13H11Br2N3O3S2/c1-6(16-12(20)7-2-4-9(14)22-7)11(19)17-18-13(21)8-3-5-10(15)23-8/h2-6H,1H3,(H,16,20)(H,17,19)(H,18,21). The number of hydrogen-bond acceptors (Lipinski definition) is 5. The molecule has 2 heterocycles. The third-order valence-corrected chi connectivity index (χ3v) is 5.88. The van der Waals surface area contributed by atoms with Crippen molar-refractivity contribution in [2.24, 2.45) is 0 Å². The van der Waals surface area contributed by atoms with Crippen molar-refractivity contribution in [2.45, 2.75) is 13.0 Å². The van der Waals surface area contributed by atoms with Crippen LogP contribution < -0.4 is 16.2 Å². The minimum absolute atomic E-state index is 0.350. The van der Waals surface area contributed by atoms with Gasteiger partial charge in [0.05, 0.1) is 17.3 Å². The Balaban J connectivity index is 1.83. The maximum atomic E-state index is 11.9. The highest BCUT2D eigenvalue weighted by Crippen LogP contribution is 2.22. The second-order valence-corrected chi connectivity index (χ2v) is 9.27. The van der Waals surface area contributed by atoms with Crippen LogP contribution in [0.5, 0.6) is 0 Å². The molecule has 1 atom stereocenters. The van der Waals surface area contributed by atoms with Gasteiger partial charge >= 0.3 is 0 Å². The second kappa shape index (κ2) is 8.04. The van der Waals surface area contributed by atoms with Crippen LogP contribution in [0.1, 0.15) is 26.3 Å². The molecule has 10 heteroatoms. The zero-order chi connectivity index (χ0) is 17.0. The summed E-state index contributed by atoms with van der Waals surface area (Å²) < 4.78 is 1.64. The molecule has 6 nitrogen and oxygen atoms in total. The Morgan fingerprint density at radius 3 is 1.91 bits per heavy atom. The van der Waals surface area contributed by atoms with E-state index in [0.29, 0.717) is 9.75 Å². The smallest absolute Gasteiger partial charge is 0.279 e. The molecular formula is C13H11Br2N3O3S2. The quantitative estimate of drug-likeness (QED) is 0.588. The zero-order valence-corrected chi connectivity index (χ0v) is 16.5. The number of nitrogens with one attached hydrogen (secondary N) is 3. The van der Waals surface area contributed by atoms with Gasteiger partial charge in [-0.1, -0.05) is 0 Å². The average Bonchev–Trinajstić information content (AvgIpc) is 3.12. The summed E-state index contributed by atoms with van der Waals surface area (Å²) in [6, 6.07) is 5.99. The Morgan fingerprint density at radius 1 is 0.913 bits per heavy atom. The number of hydrogen-bond donors (Lipinski definition) is 3. The van der Waals surface area contributed by atoms with Crippen molar-refractivity contribution in [3.8, 4) is 0 Å². The van der Waals surface area contributed by atoms with Crippen LogP contribution in [-0.2, 0) is 4.79 Å². The zero-order valence-electron chi connectivity index (χ0n) is 11.7. The van der Waals surface area contributed by atoms with Gasteiger partial charge in [-0.2, -0.15) is 0 Å². The van der Waals surface area contributed by atoms with Gasteiger partial charge in [-0.3, -0.25) is 25.2 Å². The van der Waals surface area contributed by atoms with Gasteiger partial charge < -0.3 is 5.32 Å². The number of halogens is 2. The number of hydrazine groups is 1. The molecule has 0 aliphatic heterocycles. The molecule has 2 aromatic rings. The van der Waals surface area contributed by atoms with Crippen molar-refractivity contribution in [3.63, 3.8) is 0 Å². The highest BCUT2D eigenvalue weighted by Gasteiger charge is 2.18. The SMILES string of the molecule is CC(NC(=O)c1ccc(Br)s1)C(=O)NNC(=O)c1ccc(Br)s1. The van der Waals surface area contributed by atoms with Gasteiger partial charge in [0.25, 0.3) is 17.7 Å². The van der Waals surface area contributed by atoms with E-state index in [-0.39, 0.29) is 5.91 Å². The molecule has 2 aromatic heterocycles. The van der Waals surface area contributed by atoms with Gasteiger partial charge in [-0.25, -0.2) is 0 Å². The lowest BCUT2D eigenvalue weighted by atomic mass is 10.3. The molecule has 0 bridgehead atoms. The molecule has 0 spiro atoms. The number of carbonyl (C=O) groups excluding carboxylic acids is 3. The topological polar surface area (TPSA) is 87.3 Å². The minimum Gasteiger partial charge on any atom is -0.340 e. The Morgan fingerprint density at radius 2 is 1.43 bits per heavy atom. The first-order chi connectivity index (χ1) is 10.9. The highest BCUT2D eigenvalue weighted by molar-refractivity contribution is 9.11. The first-order valence-electron chi connectivity index (χ1n) is 6.28. The van der Waals surface area contributed by atoms with E-state index in [1.54, 1.807) is 24.3 Å². The summed E-state index contributed by atoms with van der Waals surface area (Å²) in [4.78, 5) is 36.6. The first-order valence-corrected chi connectivity index (χ1v) is 9.50. The molecule has 0 saturated heterocycles. The third-order valence-electron chi connectivity index (χ3n) is 2.63. The van der Waals surface area contributed by atoms with E-state index in [1.807, 2.05) is 0 Å². The van der Waals surface area contributed by atoms with Crippen molar-refractivity contribution < 1.29 is 14.4 Å². The highest BCUT2D eigenvalue weighted by atomic mass is 79.9. The Bertz CT molecular complexity index is 744. The van der Waals surface area contributed by atoms with Gasteiger partial charge in [0.15, 0.2) is 0 Å². The first kappa shape index (κ1) is 18.1. The van der Waals surface area contributed by atoms with Crippen molar-refractivity contribution in [1.29, 1.82) is 0 Å². The van der Waals surface area contributed by atoms with E-state index in [2.05, 4.69) is 48.0 Å². The van der Waals surface area contributed by atoms with Crippen molar-refractivity contribution >= 4 is 72.3 Å². The fourth-order valence-electron chi connectivity index (χ4n) is 1.49. The van der Waals surface area contributed by atoms with E-state index in [0.717, 1.165) is 7.57 Å². The van der Waals surface area contributed by atoms with Gasteiger partial charge in [0.2, 0.25) is 0 Å². The molecular weight excluding hydrogens is 470 g/mol. The molecule has 3 amide bonds. The van der Waals surface area contributed by atoms with Crippen molar-refractivity contribution in [3.05, 3.63) is 41.6 Å². The number of carbonyl (C=O) groups is 3. The predicted octanol–water partition coefficient (Wildman–Crippen LogP) is 2.91. The number of amides is 3. The van der Waals surface area contributed by atoms with Crippen molar-refractivity contribution in [1.82, 2.24) is 16.2 Å². The summed E-state index contributed by atoms with van der Waals surface area (Å²) in [7, 11) is 0. The molecule has 2 rings (SSSR count). The Kier molecular flexibility index (Phi) is 6.33. The lowest BCUT2D eigenvalue weighted by Crippen LogP contribution is -2.50. The molecule has 122 valence electrons. The molecule has 0 aromatic carbocycles. The lowest BCUT2D eigenvalue weighted by Gasteiger charge is -2.13. The van der Waals surface area contributed by atoms with E-state index < -0.39 is 17.9 Å². The van der Waals surface area contributed by atoms with Crippen LogP contribution in [0.4, 0.5) is 0 Å². The maximum absolute atomic E-state index is 11.9. The third kappa shape index (κ3) is 5.13. The number of rotatable bonds is 4. The molecule has 0 aliphatic rings. The normalized spacial score (nSPS) is 11.6. The molecule has 3 N–H and O–H groups in total. The van der Waals surface area contributed by atoms with Gasteiger partial charge in [-0.15, -0.1) is 22.7 Å². The summed E-state index contributed by atoms with van der Waals surface area (Å²) in [6.07, 6.45) is 0. The molecule has 1 unspecified atom stereocenters. The summed E-state index contributed by atoms with van der Waals surface area (Å²) in [5.41, 5.74) is 4.59. The molecule has 0 aliphatic carbocycles. The monoisotopic (exact) mass is 479 g/mol. The number of thiophene rings is 2. The summed E-state index contributed by atoms with van der Waals surface area (Å²) in [6.45, 7) is 1.53. The molecule has 0 saturated carbocycles. The van der Waals surface area contributed by atoms with Crippen LogP contribution in [0.2, 0.25) is 0 Å². The second-order valence-electron chi connectivity index (χ2n) is 4.35. The molecule has 0 radical (unpaired) electrons. The van der Waals surface area contributed by atoms with Crippen molar-refractivity contribution in [2.75, 3.05) is 0 Å². The predicted molar refractivity (Wildman–Crippen MR) is 96.6 cm³/mol. The van der Waals surface area contributed by atoms with E-state index in [1.165, 1.54) is 29.6 Å². The van der Waals surface area contributed by atoms with Crippen LogP contribution >= 0.6 is 54.5 Å². The van der Waals surface area contributed by atoms with Crippen LogP contribution in [-0.4, -0.2) is 23.8 Å². The van der Waals surface area contributed by atoms with Crippen LogP contribution in [0, 0.1) is 0 Å². The van der Waals surface area contributed by atoms with Crippen LogP contribution in [0.3, 0.4) is 0 Å². The van der Waals surface area contributed by atoms with Gasteiger partial charge in [-0.05, 0) is 63.0 Å². The largest absolute Gasteiger partial charge is 0.340 e. The maximum Gasteiger partial charge on any atom is 0.279 e. The minimum atomic E-state index is -0.793. The molecule has 23 heavy (non-hydrogen) atoms. The van der Waals surface area contributed by atoms with Crippen LogP contribution in [0.15, 0.2) is 31.8 Å². The summed E-state index contributed by atoms with van der Waals surface area (Å²) in [5.74, 6) is -1.29. The van der Waals surface area contributed by atoms with Crippen LogP contribution in [0.25, 0.3) is 0 Å². The molecule has 0 fully saturated rings. The van der Waals surface area contributed by atoms with E-state index in [4.69, 9.17) is 0 Å². The van der Waals surface area contributed by atoms with E-state index >= 15 is 0 Å².